The van der Waals surface area contributed by atoms with Crippen LogP contribution in [0.5, 0.6) is 0 Å². The molecule has 0 spiro atoms. The van der Waals surface area contributed by atoms with Crippen LogP contribution >= 0.6 is 22.9 Å². The first-order valence-electron chi connectivity index (χ1n) is 8.50. The standard InChI is InChI=1S/C20H14ClN5OS/c21-16-3-1-4-17-18(16)24-20(28-17)26(12-11-25-10-2-9-23-25)19(27)15-7-5-14(13-22)6-8-15/h1-10H,11-12H2. The topological polar surface area (TPSA) is 74.8 Å². The molecule has 1 amide bonds. The molecule has 0 saturated heterocycles. The summed E-state index contributed by atoms with van der Waals surface area (Å²) in [7, 11) is 0. The number of halogens is 1. The van der Waals surface area contributed by atoms with Crippen LogP contribution in [0.3, 0.4) is 0 Å². The number of aromatic nitrogens is 3. The van der Waals surface area contributed by atoms with Gasteiger partial charge in [-0.25, -0.2) is 4.98 Å². The zero-order valence-corrected chi connectivity index (χ0v) is 16.2. The second-order valence-corrected chi connectivity index (χ2v) is 7.41. The average molecular weight is 408 g/mol. The maximum Gasteiger partial charge on any atom is 0.260 e. The number of fused-ring (bicyclic) bond motifs is 1. The normalized spacial score (nSPS) is 10.7. The number of rotatable bonds is 5. The molecule has 0 aliphatic rings. The van der Waals surface area contributed by atoms with Crippen LogP contribution in [0.2, 0.25) is 5.02 Å². The molecule has 2 aromatic heterocycles. The number of hydrogen-bond acceptors (Lipinski definition) is 5. The summed E-state index contributed by atoms with van der Waals surface area (Å²) in [6, 6.07) is 16.1. The molecule has 0 atom stereocenters. The summed E-state index contributed by atoms with van der Waals surface area (Å²) in [5, 5.41) is 14.3. The fraction of sp³-hybridized carbons (Fsp3) is 0.100. The molecule has 0 unspecified atom stereocenters. The molecular weight excluding hydrogens is 394 g/mol. The molecule has 138 valence electrons. The van der Waals surface area contributed by atoms with Gasteiger partial charge in [0.05, 0.1) is 27.9 Å². The number of para-hydroxylation sites is 1. The Morgan fingerprint density at radius 3 is 2.71 bits per heavy atom. The van der Waals surface area contributed by atoms with Crippen molar-refractivity contribution in [2.24, 2.45) is 0 Å². The van der Waals surface area contributed by atoms with Gasteiger partial charge in [-0.1, -0.05) is 29.0 Å². The summed E-state index contributed by atoms with van der Waals surface area (Å²) in [5.41, 5.74) is 1.68. The summed E-state index contributed by atoms with van der Waals surface area (Å²) in [6.45, 7) is 0.927. The van der Waals surface area contributed by atoms with Gasteiger partial charge >= 0.3 is 0 Å². The maximum atomic E-state index is 13.2. The number of amides is 1. The van der Waals surface area contributed by atoms with Gasteiger partial charge in [0.2, 0.25) is 0 Å². The average Bonchev–Trinajstić information content (AvgIpc) is 3.39. The maximum absolute atomic E-state index is 13.2. The van der Waals surface area contributed by atoms with Gasteiger partial charge in [0.1, 0.15) is 5.52 Å². The zero-order valence-electron chi connectivity index (χ0n) is 14.6. The molecule has 2 aromatic carbocycles. The van der Waals surface area contributed by atoms with E-state index in [1.54, 1.807) is 46.1 Å². The summed E-state index contributed by atoms with van der Waals surface area (Å²) in [6.07, 6.45) is 3.55. The molecular formula is C20H14ClN5OS. The van der Waals surface area contributed by atoms with Crippen molar-refractivity contribution in [1.29, 1.82) is 5.26 Å². The molecule has 0 N–H and O–H groups in total. The second-order valence-electron chi connectivity index (χ2n) is 6.00. The first-order valence-corrected chi connectivity index (χ1v) is 9.69. The van der Waals surface area contributed by atoms with Gasteiger partial charge in [0, 0.05) is 24.5 Å². The molecule has 0 fully saturated rings. The Balaban J connectivity index is 1.70. The van der Waals surface area contributed by atoms with Crippen LogP contribution in [0.25, 0.3) is 10.2 Å². The summed E-state index contributed by atoms with van der Waals surface area (Å²) < 4.78 is 2.68. The number of nitrogens with zero attached hydrogens (tertiary/aromatic N) is 5. The van der Waals surface area contributed by atoms with E-state index >= 15 is 0 Å². The van der Waals surface area contributed by atoms with Crippen LogP contribution in [0.4, 0.5) is 5.13 Å². The highest BCUT2D eigenvalue weighted by Crippen LogP contribution is 2.33. The number of benzene rings is 2. The fourth-order valence-corrected chi connectivity index (χ4v) is 4.07. The van der Waals surface area contributed by atoms with E-state index in [0.717, 1.165) is 4.70 Å². The van der Waals surface area contributed by atoms with Gasteiger partial charge in [0.25, 0.3) is 5.91 Å². The third-order valence-corrected chi connectivity index (χ3v) is 5.56. The minimum absolute atomic E-state index is 0.188. The zero-order chi connectivity index (χ0) is 19.5. The Morgan fingerprint density at radius 1 is 1.21 bits per heavy atom. The van der Waals surface area contributed by atoms with Crippen LogP contribution in [-0.2, 0) is 6.54 Å². The minimum Gasteiger partial charge on any atom is -0.282 e. The van der Waals surface area contributed by atoms with E-state index in [2.05, 4.69) is 16.2 Å². The molecule has 0 aliphatic carbocycles. The van der Waals surface area contributed by atoms with Gasteiger partial charge < -0.3 is 0 Å². The Kier molecular flexibility index (Phi) is 5.06. The van der Waals surface area contributed by atoms with Gasteiger partial charge in [-0.05, 0) is 42.5 Å². The highest BCUT2D eigenvalue weighted by atomic mass is 35.5. The highest BCUT2D eigenvalue weighted by Gasteiger charge is 2.22. The number of carbonyl (C=O) groups is 1. The number of nitriles is 1. The molecule has 0 saturated carbocycles. The minimum atomic E-state index is -0.188. The molecule has 4 rings (SSSR count). The Hall–Kier alpha value is -3.21. The molecule has 8 heteroatoms. The molecule has 4 aromatic rings. The van der Waals surface area contributed by atoms with Crippen molar-refractivity contribution in [3.05, 3.63) is 77.1 Å². The molecule has 0 aliphatic heterocycles. The Bertz CT molecular complexity index is 1160. The lowest BCUT2D eigenvalue weighted by molar-refractivity contribution is 0.0986. The van der Waals surface area contributed by atoms with E-state index in [-0.39, 0.29) is 5.91 Å². The summed E-state index contributed by atoms with van der Waals surface area (Å²) in [4.78, 5) is 19.4. The van der Waals surface area contributed by atoms with Crippen LogP contribution in [0, 0.1) is 11.3 Å². The first kappa shape index (κ1) is 18.2. The second kappa shape index (κ2) is 7.80. The van der Waals surface area contributed by atoms with Crippen LogP contribution in [-0.4, -0.2) is 27.2 Å². The summed E-state index contributed by atoms with van der Waals surface area (Å²) in [5.74, 6) is -0.188. The third kappa shape index (κ3) is 3.60. The lowest BCUT2D eigenvalue weighted by Gasteiger charge is -2.20. The van der Waals surface area contributed by atoms with Crippen molar-refractivity contribution in [2.45, 2.75) is 6.54 Å². The monoisotopic (exact) mass is 407 g/mol. The van der Waals surface area contributed by atoms with E-state index in [0.29, 0.717) is 39.9 Å². The Labute approximate surface area is 170 Å². The first-order chi connectivity index (χ1) is 13.7. The van der Waals surface area contributed by atoms with Crippen LogP contribution in [0.15, 0.2) is 60.9 Å². The molecule has 28 heavy (non-hydrogen) atoms. The molecule has 2 heterocycles. The smallest absolute Gasteiger partial charge is 0.260 e. The van der Waals surface area contributed by atoms with Crippen LogP contribution in [0.1, 0.15) is 15.9 Å². The van der Waals surface area contributed by atoms with Crippen LogP contribution < -0.4 is 4.90 Å². The third-order valence-electron chi connectivity index (χ3n) is 4.21. The molecule has 6 nitrogen and oxygen atoms in total. The van der Waals surface area contributed by atoms with E-state index in [9.17, 15) is 4.79 Å². The predicted octanol–water partition coefficient (Wildman–Crippen LogP) is 4.36. The number of carbonyl (C=O) groups excluding carboxylic acids is 1. The van der Waals surface area contributed by atoms with Gasteiger partial charge in [-0.2, -0.15) is 10.4 Å². The SMILES string of the molecule is N#Cc1ccc(C(=O)N(CCn2cccn2)c2nc3c(Cl)cccc3s2)cc1. The number of thiazole rings is 1. The number of anilines is 1. The lowest BCUT2D eigenvalue weighted by atomic mass is 10.1. The van der Waals surface area contributed by atoms with Crippen molar-refractivity contribution in [3.63, 3.8) is 0 Å². The largest absolute Gasteiger partial charge is 0.282 e. The van der Waals surface area contributed by atoms with E-state index in [1.807, 2.05) is 24.4 Å². The van der Waals surface area contributed by atoms with Crippen molar-refractivity contribution < 1.29 is 4.79 Å². The fourth-order valence-electron chi connectivity index (χ4n) is 2.78. The van der Waals surface area contributed by atoms with Crippen molar-refractivity contribution in [3.8, 4) is 6.07 Å². The highest BCUT2D eigenvalue weighted by molar-refractivity contribution is 7.22. The van der Waals surface area contributed by atoms with E-state index in [1.165, 1.54) is 11.3 Å². The van der Waals surface area contributed by atoms with Gasteiger partial charge in [-0.15, -0.1) is 0 Å². The van der Waals surface area contributed by atoms with Crippen molar-refractivity contribution in [2.75, 3.05) is 11.4 Å². The quantitative estimate of drug-likeness (QED) is 0.492. The van der Waals surface area contributed by atoms with E-state index < -0.39 is 0 Å². The lowest BCUT2D eigenvalue weighted by Crippen LogP contribution is -2.34. The van der Waals surface area contributed by atoms with Gasteiger partial charge in [-0.3, -0.25) is 14.4 Å². The van der Waals surface area contributed by atoms with Gasteiger partial charge in [0.15, 0.2) is 5.13 Å². The number of hydrogen-bond donors (Lipinski definition) is 0. The van der Waals surface area contributed by atoms with E-state index in [4.69, 9.17) is 16.9 Å². The predicted molar refractivity (Wildman–Crippen MR) is 110 cm³/mol. The summed E-state index contributed by atoms with van der Waals surface area (Å²) >= 11 is 7.67. The van der Waals surface area contributed by atoms with Crippen molar-refractivity contribution >= 4 is 44.2 Å². The molecule has 0 bridgehead atoms. The van der Waals surface area contributed by atoms with Crippen molar-refractivity contribution in [1.82, 2.24) is 14.8 Å². The Morgan fingerprint density at radius 2 is 2.04 bits per heavy atom. The molecule has 0 radical (unpaired) electrons.